The summed E-state index contributed by atoms with van der Waals surface area (Å²) in [6.07, 6.45) is -8.08. The number of hydrogen-bond acceptors (Lipinski definition) is 7. The second kappa shape index (κ2) is 8.35. The Morgan fingerprint density at radius 1 is 1.06 bits per heavy atom. The molecule has 0 heterocycles. The van der Waals surface area contributed by atoms with Crippen LogP contribution in [-0.2, 0) is 4.79 Å². The maximum atomic E-state index is 9.98. The summed E-state index contributed by atoms with van der Waals surface area (Å²) >= 11 is 0. The third-order valence-corrected chi connectivity index (χ3v) is 1.50. The van der Waals surface area contributed by atoms with E-state index in [0.29, 0.717) is 0 Å². The molecule has 0 unspecified atom stereocenters. The number of rotatable bonds is 5. The van der Waals surface area contributed by atoms with Crippen LogP contribution in [-0.4, -0.2) is 95.2 Å². The molecule has 0 spiro atoms. The lowest BCUT2D eigenvalue weighted by Crippen LogP contribution is -2.52. The average molecular weight is 269 g/mol. The van der Waals surface area contributed by atoms with Crippen molar-refractivity contribution < 1.29 is 39.9 Å². The molecule has 8 heteroatoms. The van der Waals surface area contributed by atoms with E-state index in [1.807, 2.05) is 0 Å². The van der Waals surface area contributed by atoms with Crippen LogP contribution in [0, 0.1) is 0 Å². The first kappa shape index (κ1) is 19.6. The topological polar surface area (TPSA) is 141 Å². The minimum atomic E-state index is -2.31. The van der Waals surface area contributed by atoms with Crippen LogP contribution >= 0.6 is 0 Å². The van der Waals surface area contributed by atoms with Gasteiger partial charge in [0, 0.05) is 0 Å². The maximum absolute atomic E-state index is 9.98. The Hall–Kier alpha value is -0.770. The van der Waals surface area contributed by atoms with Gasteiger partial charge in [0.2, 0.25) is 0 Å². The van der Waals surface area contributed by atoms with E-state index >= 15 is 0 Å². The van der Waals surface area contributed by atoms with E-state index in [0.717, 1.165) is 4.48 Å². The minimum absolute atomic E-state index is 0.863. The highest BCUT2D eigenvalue weighted by atomic mass is 16.4. The molecule has 0 aliphatic rings. The number of carbonyl (C=O) groups is 1. The fraction of sp³-hybridized carbons (Fsp3) is 0.900. The highest BCUT2D eigenvalue weighted by molar-refractivity contribution is 5.70. The van der Waals surface area contributed by atoms with Crippen molar-refractivity contribution in [1.82, 2.24) is 0 Å². The Morgan fingerprint density at radius 2 is 1.39 bits per heavy atom. The van der Waals surface area contributed by atoms with Crippen LogP contribution in [0.2, 0.25) is 0 Å². The number of aliphatic hydroxyl groups excluding tert-OH is 5. The van der Waals surface area contributed by atoms with Gasteiger partial charge in [0.05, 0.1) is 40.8 Å². The van der Waals surface area contributed by atoms with Crippen LogP contribution in [0.3, 0.4) is 0 Å². The van der Waals surface area contributed by atoms with Crippen molar-refractivity contribution in [2.75, 3.05) is 34.8 Å². The third-order valence-electron chi connectivity index (χ3n) is 1.50. The van der Waals surface area contributed by atoms with E-state index in [4.69, 9.17) is 25.5 Å². The molecule has 0 aromatic rings. The summed E-state index contributed by atoms with van der Waals surface area (Å²) in [7, 11) is 8.50. The van der Waals surface area contributed by atoms with E-state index in [-0.39, 0.29) is 0 Å². The number of nitrogens with zero attached hydrogens (tertiary/aromatic N) is 1. The summed E-state index contributed by atoms with van der Waals surface area (Å²) < 4.78 is 1.00. The van der Waals surface area contributed by atoms with E-state index < -0.39 is 37.0 Å². The number of carboxylic acids is 1. The van der Waals surface area contributed by atoms with Gasteiger partial charge < -0.3 is 39.9 Å². The summed E-state index contributed by atoms with van der Waals surface area (Å²) in [6.45, 7) is -0.863. The summed E-state index contributed by atoms with van der Waals surface area (Å²) in [4.78, 5) is 9.98. The molecule has 0 aromatic heterocycles. The molecule has 0 amide bonds. The molecular formula is C10H23NO7. The lowest BCUT2D eigenvalue weighted by Gasteiger charge is -2.25. The Morgan fingerprint density at radius 3 is 1.61 bits per heavy atom. The Labute approximate surface area is 106 Å². The number of carbonyl (C=O) groups excluding carboxylic acids is 1. The monoisotopic (exact) mass is 269 g/mol. The van der Waals surface area contributed by atoms with Gasteiger partial charge in [-0.3, -0.25) is 0 Å². The zero-order valence-corrected chi connectivity index (χ0v) is 11.0. The van der Waals surface area contributed by atoms with Gasteiger partial charge in [-0.2, -0.15) is 0 Å². The van der Waals surface area contributed by atoms with Crippen LogP contribution < -0.4 is 5.11 Å². The molecule has 110 valence electrons. The van der Waals surface area contributed by atoms with Crippen molar-refractivity contribution >= 4 is 5.97 Å². The number of aliphatic carboxylic acids is 1. The van der Waals surface area contributed by atoms with E-state index in [1.54, 1.807) is 0 Å². The normalized spacial score (nSPS) is 18.1. The molecule has 0 radical (unpaired) electrons. The Balaban J connectivity index is 0. The number of carboxylic acid groups (broad SMARTS) is 1. The van der Waals surface area contributed by atoms with Crippen LogP contribution in [0.15, 0.2) is 0 Å². The first-order valence-corrected chi connectivity index (χ1v) is 5.24. The molecule has 0 aliphatic carbocycles. The highest BCUT2D eigenvalue weighted by Crippen LogP contribution is 2.04. The SMILES string of the molecule is C[N+](C)(C)C.O=C([O-])[C@H](O)[C@@H](O)[C@H](O)[C@H](O)CO. The predicted octanol–water partition coefficient (Wildman–Crippen LogP) is -4.51. The van der Waals surface area contributed by atoms with Gasteiger partial charge in [0.15, 0.2) is 0 Å². The first-order valence-electron chi connectivity index (χ1n) is 5.24. The van der Waals surface area contributed by atoms with Gasteiger partial charge >= 0.3 is 0 Å². The van der Waals surface area contributed by atoms with Gasteiger partial charge in [0.1, 0.15) is 24.4 Å². The molecule has 5 N–H and O–H groups in total. The summed E-state index contributed by atoms with van der Waals surface area (Å²) in [6, 6.07) is 0. The largest absolute Gasteiger partial charge is 0.547 e. The number of quaternary nitrogens is 1. The Kier molecular flexibility index (Phi) is 9.08. The second-order valence-corrected chi connectivity index (χ2v) is 5.18. The van der Waals surface area contributed by atoms with Crippen molar-refractivity contribution in [3.05, 3.63) is 0 Å². The second-order valence-electron chi connectivity index (χ2n) is 5.18. The Bertz CT molecular complexity index is 235. The molecule has 0 saturated heterocycles. The molecule has 0 fully saturated rings. The lowest BCUT2D eigenvalue weighted by atomic mass is 10.0. The van der Waals surface area contributed by atoms with Crippen molar-refractivity contribution in [2.24, 2.45) is 0 Å². The smallest absolute Gasteiger partial charge is 0.122 e. The third kappa shape index (κ3) is 10.4. The molecule has 0 aromatic carbocycles. The summed E-state index contributed by atoms with van der Waals surface area (Å²) in [5.41, 5.74) is 0. The van der Waals surface area contributed by atoms with Crippen molar-refractivity contribution in [3.8, 4) is 0 Å². The number of hydrogen-bond donors (Lipinski definition) is 5. The summed E-state index contributed by atoms with van der Waals surface area (Å²) in [5.74, 6) is -1.98. The summed E-state index contributed by atoms with van der Waals surface area (Å²) in [5, 5.41) is 53.4. The molecule has 8 nitrogen and oxygen atoms in total. The number of aliphatic hydroxyl groups is 5. The van der Waals surface area contributed by atoms with Gasteiger partial charge in [-0.25, -0.2) is 0 Å². The zero-order valence-electron chi connectivity index (χ0n) is 11.0. The zero-order chi connectivity index (χ0) is 15.1. The molecule has 0 rings (SSSR count). The molecule has 18 heavy (non-hydrogen) atoms. The lowest BCUT2D eigenvalue weighted by molar-refractivity contribution is -0.849. The molecule has 0 bridgehead atoms. The molecule has 4 atom stereocenters. The quantitative estimate of drug-likeness (QED) is 0.317. The van der Waals surface area contributed by atoms with Crippen LogP contribution in [0.1, 0.15) is 0 Å². The highest BCUT2D eigenvalue weighted by Gasteiger charge is 2.30. The molecule has 0 aliphatic heterocycles. The van der Waals surface area contributed by atoms with Crippen LogP contribution in [0.5, 0.6) is 0 Å². The van der Waals surface area contributed by atoms with Gasteiger partial charge in [-0.15, -0.1) is 0 Å². The van der Waals surface area contributed by atoms with Crippen molar-refractivity contribution in [1.29, 1.82) is 0 Å². The van der Waals surface area contributed by atoms with Crippen LogP contribution in [0.4, 0.5) is 0 Å². The fourth-order valence-corrected chi connectivity index (χ4v) is 0.662. The van der Waals surface area contributed by atoms with Crippen molar-refractivity contribution in [3.63, 3.8) is 0 Å². The standard InChI is InChI=1S/C6H12O7.C4H12N/c7-1-2(8)3(9)4(10)5(11)6(12)13;1-5(2,3)4/h2-5,7-11H,1H2,(H,12,13);1-4H3/q;+1/p-1/t2-,3-,4+,5-;/m1./s1. The fourth-order valence-electron chi connectivity index (χ4n) is 0.662. The van der Waals surface area contributed by atoms with Gasteiger partial charge in [0.25, 0.3) is 0 Å². The van der Waals surface area contributed by atoms with Gasteiger partial charge in [-0.05, 0) is 0 Å². The average Bonchev–Trinajstić information content (AvgIpc) is 2.22. The predicted molar refractivity (Wildman–Crippen MR) is 60.1 cm³/mol. The first-order chi connectivity index (χ1) is 7.91. The van der Waals surface area contributed by atoms with E-state index in [9.17, 15) is 9.90 Å². The van der Waals surface area contributed by atoms with Gasteiger partial charge in [-0.1, -0.05) is 0 Å². The molecular weight excluding hydrogens is 246 g/mol. The maximum Gasteiger partial charge on any atom is 0.122 e. The minimum Gasteiger partial charge on any atom is -0.547 e. The van der Waals surface area contributed by atoms with E-state index in [2.05, 4.69) is 28.2 Å². The van der Waals surface area contributed by atoms with E-state index in [1.165, 1.54) is 0 Å². The van der Waals surface area contributed by atoms with Crippen molar-refractivity contribution in [2.45, 2.75) is 24.4 Å². The van der Waals surface area contributed by atoms with Crippen LogP contribution in [0.25, 0.3) is 0 Å². The molecule has 0 saturated carbocycles.